The second-order valence-corrected chi connectivity index (χ2v) is 5.64. The molecule has 0 aliphatic carbocycles. The summed E-state index contributed by atoms with van der Waals surface area (Å²) in [7, 11) is 3.54. The van der Waals surface area contributed by atoms with Crippen LogP contribution >= 0.6 is 0 Å². The van der Waals surface area contributed by atoms with Gasteiger partial charge in [0.2, 0.25) is 0 Å². The van der Waals surface area contributed by atoms with Gasteiger partial charge in [-0.2, -0.15) is 0 Å². The van der Waals surface area contributed by atoms with E-state index in [9.17, 15) is 4.79 Å². The number of carbonyl (C=O) groups excluding carboxylic acids is 1. The number of likely N-dealkylation sites (N-methyl/N-ethyl adjacent to an activating group) is 1. The molecule has 1 saturated heterocycles. The fraction of sp³-hybridized carbons (Fsp3) is 0.562. The maximum Gasteiger partial charge on any atom is 0.337 e. The molecule has 0 radical (unpaired) electrons. The Hall–Kier alpha value is -1.75. The molecule has 21 heavy (non-hydrogen) atoms. The Bertz CT molecular complexity index is 504. The molecule has 1 atom stereocenters. The largest absolute Gasteiger partial charge is 0.465 e. The molecule has 1 aromatic carbocycles. The Morgan fingerprint density at radius 3 is 2.81 bits per heavy atom. The summed E-state index contributed by atoms with van der Waals surface area (Å²) in [5, 5.41) is 0. The van der Waals surface area contributed by atoms with Crippen molar-refractivity contribution in [3.63, 3.8) is 0 Å². The Morgan fingerprint density at radius 1 is 1.43 bits per heavy atom. The quantitative estimate of drug-likeness (QED) is 0.681. The summed E-state index contributed by atoms with van der Waals surface area (Å²) in [4.78, 5) is 16.3. The highest BCUT2D eigenvalue weighted by atomic mass is 16.5. The lowest BCUT2D eigenvalue weighted by Gasteiger charge is -2.33. The molecule has 0 saturated carbocycles. The molecule has 5 heteroatoms. The van der Waals surface area contributed by atoms with Crippen LogP contribution in [-0.2, 0) is 4.74 Å². The average molecular weight is 291 g/mol. The van der Waals surface area contributed by atoms with Crippen molar-refractivity contribution >= 4 is 17.3 Å². The summed E-state index contributed by atoms with van der Waals surface area (Å²) in [5.74, 6) is -0.351. The van der Waals surface area contributed by atoms with Crippen LogP contribution in [0, 0.1) is 0 Å². The van der Waals surface area contributed by atoms with Gasteiger partial charge in [-0.25, -0.2) is 4.79 Å². The standard InChI is InChI=1S/C16H25N3O2/c1-4-13-11-18(2)8-5-9-19(13)15-7-6-12(10-14(15)17)16(20)21-3/h6-7,10,13H,4-5,8-9,11,17H2,1-3H3. The van der Waals surface area contributed by atoms with Crippen molar-refractivity contribution in [3.8, 4) is 0 Å². The van der Waals surface area contributed by atoms with Gasteiger partial charge in [0.25, 0.3) is 0 Å². The van der Waals surface area contributed by atoms with Gasteiger partial charge >= 0.3 is 5.97 Å². The number of ether oxygens (including phenoxy) is 1. The highest BCUT2D eigenvalue weighted by Crippen LogP contribution is 2.29. The predicted molar refractivity (Wildman–Crippen MR) is 85.7 cm³/mol. The average Bonchev–Trinajstić information content (AvgIpc) is 2.67. The van der Waals surface area contributed by atoms with Gasteiger partial charge < -0.3 is 20.3 Å². The Kier molecular flexibility index (Phi) is 5.07. The van der Waals surface area contributed by atoms with E-state index in [2.05, 4.69) is 23.8 Å². The van der Waals surface area contributed by atoms with Gasteiger partial charge in [0.15, 0.2) is 0 Å². The Balaban J connectivity index is 2.29. The van der Waals surface area contributed by atoms with Crippen molar-refractivity contribution in [1.82, 2.24) is 4.90 Å². The van der Waals surface area contributed by atoms with Crippen LogP contribution in [0.3, 0.4) is 0 Å². The zero-order valence-corrected chi connectivity index (χ0v) is 13.1. The number of rotatable bonds is 3. The van der Waals surface area contributed by atoms with Gasteiger partial charge in [0.05, 0.1) is 24.0 Å². The van der Waals surface area contributed by atoms with Crippen molar-refractivity contribution in [2.45, 2.75) is 25.8 Å². The maximum absolute atomic E-state index is 11.6. The molecule has 1 aliphatic rings. The Morgan fingerprint density at radius 2 is 2.19 bits per heavy atom. The Labute approximate surface area is 126 Å². The number of nitrogens with zero attached hydrogens (tertiary/aromatic N) is 2. The topological polar surface area (TPSA) is 58.8 Å². The van der Waals surface area contributed by atoms with Gasteiger partial charge in [-0.05, 0) is 44.6 Å². The van der Waals surface area contributed by atoms with Gasteiger partial charge in [-0.3, -0.25) is 0 Å². The van der Waals surface area contributed by atoms with Gasteiger partial charge in [0, 0.05) is 19.1 Å². The third-order valence-electron chi connectivity index (χ3n) is 4.13. The van der Waals surface area contributed by atoms with Crippen molar-refractivity contribution in [3.05, 3.63) is 23.8 Å². The SMILES string of the molecule is CCC1CN(C)CCCN1c1ccc(C(=O)OC)cc1N. The third-order valence-corrected chi connectivity index (χ3v) is 4.13. The first-order valence-electron chi connectivity index (χ1n) is 7.49. The van der Waals surface area contributed by atoms with Crippen molar-refractivity contribution in [1.29, 1.82) is 0 Å². The summed E-state index contributed by atoms with van der Waals surface area (Å²) in [6.45, 7) is 5.34. The van der Waals surface area contributed by atoms with E-state index in [0.717, 1.165) is 38.2 Å². The number of methoxy groups -OCH3 is 1. The second kappa shape index (κ2) is 6.80. The van der Waals surface area contributed by atoms with Crippen LogP contribution in [0.2, 0.25) is 0 Å². The molecule has 5 nitrogen and oxygen atoms in total. The molecule has 0 spiro atoms. The third kappa shape index (κ3) is 3.47. The summed E-state index contributed by atoms with van der Waals surface area (Å²) < 4.78 is 4.74. The summed E-state index contributed by atoms with van der Waals surface area (Å²) in [6, 6.07) is 5.89. The highest BCUT2D eigenvalue weighted by molar-refractivity contribution is 5.92. The molecule has 1 heterocycles. The van der Waals surface area contributed by atoms with Crippen LogP contribution in [0.1, 0.15) is 30.1 Å². The number of anilines is 2. The van der Waals surface area contributed by atoms with Gasteiger partial charge in [-0.15, -0.1) is 0 Å². The number of nitrogens with two attached hydrogens (primary N) is 1. The lowest BCUT2D eigenvalue weighted by molar-refractivity contribution is 0.0601. The van der Waals surface area contributed by atoms with Crippen LogP contribution in [-0.4, -0.2) is 50.7 Å². The minimum absolute atomic E-state index is 0.351. The molecule has 1 aromatic rings. The molecule has 0 bridgehead atoms. The lowest BCUT2D eigenvalue weighted by atomic mass is 10.1. The zero-order chi connectivity index (χ0) is 15.4. The van der Waals surface area contributed by atoms with Crippen molar-refractivity contribution < 1.29 is 9.53 Å². The van der Waals surface area contributed by atoms with E-state index in [1.807, 2.05) is 6.07 Å². The maximum atomic E-state index is 11.6. The molecule has 116 valence electrons. The van der Waals surface area contributed by atoms with E-state index < -0.39 is 0 Å². The molecular formula is C16H25N3O2. The minimum atomic E-state index is -0.351. The number of hydrogen-bond acceptors (Lipinski definition) is 5. The predicted octanol–water partition coefficient (Wildman–Crippen LogP) is 1.98. The van der Waals surface area contributed by atoms with Crippen LogP contribution < -0.4 is 10.6 Å². The zero-order valence-electron chi connectivity index (χ0n) is 13.1. The molecule has 1 unspecified atom stereocenters. The highest BCUT2D eigenvalue weighted by Gasteiger charge is 2.24. The van der Waals surface area contributed by atoms with Gasteiger partial charge in [0.1, 0.15) is 0 Å². The number of nitrogen functional groups attached to an aromatic ring is 1. The lowest BCUT2D eigenvalue weighted by Crippen LogP contribution is -2.40. The molecule has 0 aromatic heterocycles. The van der Waals surface area contributed by atoms with E-state index >= 15 is 0 Å². The number of hydrogen-bond donors (Lipinski definition) is 1. The van der Waals surface area contributed by atoms with Crippen LogP contribution in [0.4, 0.5) is 11.4 Å². The number of carbonyl (C=O) groups is 1. The van der Waals surface area contributed by atoms with Crippen molar-refractivity contribution in [2.24, 2.45) is 0 Å². The summed E-state index contributed by atoms with van der Waals surface area (Å²) in [6.07, 6.45) is 2.19. The van der Waals surface area contributed by atoms with E-state index in [0.29, 0.717) is 17.3 Å². The normalized spacial score (nSPS) is 20.1. The molecule has 2 N–H and O–H groups in total. The summed E-state index contributed by atoms with van der Waals surface area (Å²) in [5.41, 5.74) is 8.34. The first-order valence-corrected chi connectivity index (χ1v) is 7.49. The number of benzene rings is 1. The molecule has 0 amide bonds. The van der Waals surface area contributed by atoms with Crippen LogP contribution in [0.25, 0.3) is 0 Å². The fourth-order valence-electron chi connectivity index (χ4n) is 2.97. The molecule has 1 fully saturated rings. The molecular weight excluding hydrogens is 266 g/mol. The van der Waals surface area contributed by atoms with E-state index in [-0.39, 0.29) is 5.97 Å². The molecule has 2 rings (SSSR count). The fourth-order valence-corrected chi connectivity index (χ4v) is 2.97. The van der Waals surface area contributed by atoms with E-state index in [4.69, 9.17) is 10.5 Å². The van der Waals surface area contributed by atoms with E-state index in [1.54, 1.807) is 12.1 Å². The smallest absolute Gasteiger partial charge is 0.337 e. The van der Waals surface area contributed by atoms with E-state index in [1.165, 1.54) is 7.11 Å². The number of esters is 1. The second-order valence-electron chi connectivity index (χ2n) is 5.64. The van der Waals surface area contributed by atoms with Crippen molar-refractivity contribution in [2.75, 3.05) is 44.4 Å². The van der Waals surface area contributed by atoms with Gasteiger partial charge in [-0.1, -0.05) is 6.92 Å². The van der Waals surface area contributed by atoms with Crippen LogP contribution in [0.5, 0.6) is 0 Å². The van der Waals surface area contributed by atoms with Crippen LogP contribution in [0.15, 0.2) is 18.2 Å². The first kappa shape index (κ1) is 15.6. The minimum Gasteiger partial charge on any atom is -0.465 e. The monoisotopic (exact) mass is 291 g/mol. The summed E-state index contributed by atoms with van der Waals surface area (Å²) >= 11 is 0. The molecule has 1 aliphatic heterocycles. The first-order chi connectivity index (χ1) is 10.1.